The van der Waals surface area contributed by atoms with Crippen LogP contribution in [-0.4, -0.2) is 41.7 Å². The lowest BCUT2D eigenvalue weighted by Crippen LogP contribution is -2.07. The molecule has 0 fully saturated rings. The Balaban J connectivity index is 0. The van der Waals surface area contributed by atoms with E-state index < -0.39 is 0 Å². The Morgan fingerprint density at radius 2 is 1.67 bits per heavy atom. The van der Waals surface area contributed by atoms with Crippen LogP contribution in [0.1, 0.15) is 13.3 Å². The molecule has 0 rings (SSSR count). The second-order valence-electron chi connectivity index (χ2n) is 1.98. The van der Waals surface area contributed by atoms with Crippen molar-refractivity contribution in [2.75, 3.05) is 26.4 Å². The topological polar surface area (TPSA) is 72.7 Å². The van der Waals surface area contributed by atoms with E-state index in [1.165, 1.54) is 0 Å². The Hall–Kier alpha value is -0.580. The highest BCUT2D eigenvalue weighted by molar-refractivity contribution is 4.73. The van der Waals surface area contributed by atoms with Gasteiger partial charge in [0.05, 0.1) is 13.2 Å². The van der Waals surface area contributed by atoms with E-state index in [1.807, 2.05) is 19.2 Å². The summed E-state index contributed by atoms with van der Waals surface area (Å²) in [6, 6.07) is 0. The number of hydrogen-bond donors (Lipinski definition) is 4. The first-order chi connectivity index (χ1) is 5.83. The van der Waals surface area contributed by atoms with Crippen molar-refractivity contribution in [3.63, 3.8) is 0 Å². The van der Waals surface area contributed by atoms with Gasteiger partial charge in [-0.3, -0.25) is 0 Å². The molecular formula is C8H19NO3. The molecule has 0 aromatic rings. The van der Waals surface area contributed by atoms with Crippen LogP contribution in [0, 0.1) is 0 Å². The highest BCUT2D eigenvalue weighted by atomic mass is 16.3. The third kappa shape index (κ3) is 22.7. The molecule has 0 aliphatic carbocycles. The summed E-state index contributed by atoms with van der Waals surface area (Å²) in [5.41, 5.74) is 0. The van der Waals surface area contributed by atoms with E-state index in [4.69, 9.17) is 15.3 Å². The first-order valence-electron chi connectivity index (χ1n) is 4.00. The molecule has 4 N–H and O–H groups in total. The molecule has 4 heteroatoms. The Morgan fingerprint density at radius 3 is 2.00 bits per heavy atom. The highest BCUT2D eigenvalue weighted by Gasteiger charge is 1.76. The molecular weight excluding hydrogens is 158 g/mol. The Morgan fingerprint density at radius 1 is 1.08 bits per heavy atom. The van der Waals surface area contributed by atoms with Crippen LogP contribution in [0.15, 0.2) is 12.3 Å². The van der Waals surface area contributed by atoms with E-state index in [-0.39, 0.29) is 19.8 Å². The SMILES string of the molecule is CC=CNCCCO.OCCO. The van der Waals surface area contributed by atoms with Gasteiger partial charge in [0.1, 0.15) is 0 Å². The fourth-order valence-electron chi connectivity index (χ4n) is 0.382. The molecule has 0 spiro atoms. The molecule has 0 aliphatic rings. The lowest BCUT2D eigenvalue weighted by atomic mass is 10.4. The molecule has 0 saturated heterocycles. The van der Waals surface area contributed by atoms with Crippen LogP contribution in [0.4, 0.5) is 0 Å². The first kappa shape index (κ1) is 14.0. The van der Waals surface area contributed by atoms with Gasteiger partial charge in [0.2, 0.25) is 0 Å². The largest absolute Gasteiger partial charge is 0.396 e. The molecule has 0 bridgehead atoms. The molecule has 0 atom stereocenters. The van der Waals surface area contributed by atoms with Crippen molar-refractivity contribution in [1.29, 1.82) is 0 Å². The van der Waals surface area contributed by atoms with Crippen LogP contribution in [-0.2, 0) is 0 Å². The molecule has 0 radical (unpaired) electrons. The Bertz CT molecular complexity index is 84.4. The van der Waals surface area contributed by atoms with Gasteiger partial charge >= 0.3 is 0 Å². The van der Waals surface area contributed by atoms with E-state index >= 15 is 0 Å². The minimum absolute atomic E-state index is 0.125. The van der Waals surface area contributed by atoms with Gasteiger partial charge in [0.15, 0.2) is 0 Å². The van der Waals surface area contributed by atoms with Gasteiger partial charge in [-0.05, 0) is 19.5 Å². The Kier molecular flexibility index (Phi) is 19.6. The molecule has 0 unspecified atom stereocenters. The minimum atomic E-state index is -0.125. The third-order valence-electron chi connectivity index (χ3n) is 0.864. The molecule has 0 saturated carbocycles. The van der Waals surface area contributed by atoms with Crippen LogP contribution in [0.2, 0.25) is 0 Å². The number of rotatable bonds is 5. The lowest BCUT2D eigenvalue weighted by molar-refractivity contribution is 0.186. The first-order valence-corrected chi connectivity index (χ1v) is 4.00. The van der Waals surface area contributed by atoms with Gasteiger partial charge in [-0.1, -0.05) is 6.08 Å². The fourth-order valence-corrected chi connectivity index (χ4v) is 0.382. The molecule has 0 aromatic carbocycles. The monoisotopic (exact) mass is 177 g/mol. The average molecular weight is 177 g/mol. The van der Waals surface area contributed by atoms with E-state index in [9.17, 15) is 0 Å². The van der Waals surface area contributed by atoms with Crippen molar-refractivity contribution in [1.82, 2.24) is 5.32 Å². The fraction of sp³-hybridized carbons (Fsp3) is 0.750. The summed E-state index contributed by atoms with van der Waals surface area (Å²) >= 11 is 0. The zero-order chi connectivity index (χ0) is 9.66. The number of aliphatic hydroxyl groups is 3. The predicted molar refractivity (Wildman–Crippen MR) is 48.7 cm³/mol. The third-order valence-corrected chi connectivity index (χ3v) is 0.864. The highest BCUT2D eigenvalue weighted by Crippen LogP contribution is 1.70. The lowest BCUT2D eigenvalue weighted by Gasteiger charge is -1.94. The molecule has 12 heavy (non-hydrogen) atoms. The van der Waals surface area contributed by atoms with Gasteiger partial charge in [0.25, 0.3) is 0 Å². The number of allylic oxidation sites excluding steroid dienone is 1. The standard InChI is InChI=1S/C6H13NO.C2H6O2/c1-2-4-7-5-3-6-8;3-1-2-4/h2,4,7-8H,3,5-6H2,1H3;3-4H,1-2H2. The summed E-state index contributed by atoms with van der Waals surface area (Å²) in [6.07, 6.45) is 4.62. The maximum Gasteiger partial charge on any atom is 0.0662 e. The van der Waals surface area contributed by atoms with Crippen LogP contribution in [0.3, 0.4) is 0 Å². The van der Waals surface area contributed by atoms with Crippen LogP contribution >= 0.6 is 0 Å². The summed E-state index contributed by atoms with van der Waals surface area (Å²) in [6.45, 7) is 2.83. The van der Waals surface area contributed by atoms with Crippen molar-refractivity contribution in [2.24, 2.45) is 0 Å². The summed E-state index contributed by atoms with van der Waals surface area (Å²) in [7, 11) is 0. The van der Waals surface area contributed by atoms with Crippen LogP contribution < -0.4 is 5.32 Å². The van der Waals surface area contributed by atoms with Crippen molar-refractivity contribution in [3.05, 3.63) is 12.3 Å². The van der Waals surface area contributed by atoms with Gasteiger partial charge in [-0.2, -0.15) is 0 Å². The van der Waals surface area contributed by atoms with Crippen molar-refractivity contribution in [3.8, 4) is 0 Å². The van der Waals surface area contributed by atoms with Gasteiger partial charge in [-0.15, -0.1) is 0 Å². The predicted octanol–water partition coefficient (Wildman–Crippen LogP) is -0.537. The van der Waals surface area contributed by atoms with E-state index in [1.54, 1.807) is 0 Å². The van der Waals surface area contributed by atoms with E-state index in [2.05, 4.69) is 5.32 Å². The van der Waals surface area contributed by atoms with Crippen molar-refractivity contribution >= 4 is 0 Å². The Labute approximate surface area is 73.5 Å². The molecule has 0 amide bonds. The smallest absolute Gasteiger partial charge is 0.0662 e. The summed E-state index contributed by atoms with van der Waals surface area (Å²) in [4.78, 5) is 0. The van der Waals surface area contributed by atoms with Crippen LogP contribution in [0.5, 0.6) is 0 Å². The summed E-state index contributed by atoms with van der Waals surface area (Å²) in [5, 5.41) is 26.5. The summed E-state index contributed by atoms with van der Waals surface area (Å²) < 4.78 is 0. The van der Waals surface area contributed by atoms with E-state index in [0.29, 0.717) is 0 Å². The number of aliphatic hydroxyl groups excluding tert-OH is 3. The van der Waals surface area contributed by atoms with Crippen molar-refractivity contribution < 1.29 is 15.3 Å². The minimum Gasteiger partial charge on any atom is -0.396 e. The molecule has 0 heterocycles. The maximum atomic E-state index is 8.30. The quantitative estimate of drug-likeness (QED) is 0.426. The maximum absolute atomic E-state index is 8.30. The molecule has 0 aliphatic heterocycles. The van der Waals surface area contributed by atoms with Gasteiger partial charge in [-0.25, -0.2) is 0 Å². The van der Waals surface area contributed by atoms with Crippen molar-refractivity contribution in [2.45, 2.75) is 13.3 Å². The zero-order valence-electron chi connectivity index (χ0n) is 7.53. The number of hydrogen-bond acceptors (Lipinski definition) is 4. The molecule has 0 aromatic heterocycles. The van der Waals surface area contributed by atoms with Gasteiger partial charge in [0, 0.05) is 13.2 Å². The van der Waals surface area contributed by atoms with E-state index in [0.717, 1.165) is 13.0 Å². The normalized spacial score (nSPS) is 9.33. The second kappa shape index (κ2) is 16.8. The summed E-state index contributed by atoms with van der Waals surface area (Å²) in [5.74, 6) is 0. The molecule has 4 nitrogen and oxygen atoms in total. The number of nitrogens with one attached hydrogen (secondary N) is 1. The molecule has 74 valence electrons. The average Bonchev–Trinajstić information content (AvgIpc) is 2.13. The van der Waals surface area contributed by atoms with Crippen LogP contribution in [0.25, 0.3) is 0 Å². The zero-order valence-corrected chi connectivity index (χ0v) is 7.53. The van der Waals surface area contributed by atoms with Gasteiger partial charge < -0.3 is 20.6 Å². The second-order valence-corrected chi connectivity index (χ2v) is 1.98.